The molecule has 6 rings (SSSR count). The number of carbonyl (C=O) groups is 2. The van der Waals surface area contributed by atoms with Gasteiger partial charge >= 0.3 is 0 Å². The van der Waals surface area contributed by atoms with Crippen LogP contribution in [0.15, 0.2) is 103 Å². The summed E-state index contributed by atoms with van der Waals surface area (Å²) >= 11 is 0. The first kappa shape index (κ1) is 23.6. The minimum Gasteiger partial charge on any atom is -0.497 e. The number of methoxy groups -OCH3 is 1. The number of nitrogens with zero attached hydrogens (tertiary/aromatic N) is 1. The molecule has 1 atom stereocenters. The zero-order valence-corrected chi connectivity index (χ0v) is 21.0. The van der Waals surface area contributed by atoms with Gasteiger partial charge in [0.05, 0.1) is 18.8 Å². The van der Waals surface area contributed by atoms with E-state index < -0.39 is 6.04 Å². The van der Waals surface area contributed by atoms with Gasteiger partial charge in [0.1, 0.15) is 12.3 Å². The lowest BCUT2D eigenvalue weighted by molar-refractivity contribution is -0.122. The summed E-state index contributed by atoms with van der Waals surface area (Å²) in [6.07, 6.45) is 0. The predicted octanol–water partition coefficient (Wildman–Crippen LogP) is 5.71. The topological polar surface area (TPSA) is 74.4 Å². The van der Waals surface area contributed by atoms with Crippen molar-refractivity contribution in [3.8, 4) is 17.0 Å². The number of ether oxygens (including phenoxy) is 1. The smallest absolute Gasteiger partial charge is 0.255 e. The van der Waals surface area contributed by atoms with Crippen LogP contribution in [0.4, 0.5) is 0 Å². The van der Waals surface area contributed by atoms with Gasteiger partial charge in [0.25, 0.3) is 5.91 Å². The van der Waals surface area contributed by atoms with Crippen LogP contribution < -0.4 is 10.1 Å². The quantitative estimate of drug-likeness (QED) is 0.300. The summed E-state index contributed by atoms with van der Waals surface area (Å²) in [7, 11) is 1.65. The van der Waals surface area contributed by atoms with Gasteiger partial charge in [-0.25, -0.2) is 0 Å². The Labute approximate surface area is 220 Å². The summed E-state index contributed by atoms with van der Waals surface area (Å²) < 4.78 is 5.49. The standard InChI is InChI=1S/C32H27N3O3/c1-38-23-13-9-12-22(18-23)30-29(26-16-7-8-17-27(26)34-30)31-24-14-5-6-15-25(24)32(37)35(31)20-28(36)33-19-21-10-3-2-4-11-21/h2-18,31,34H,19-20H2,1H3,(H,33,36)/t31-/m0/s1. The van der Waals surface area contributed by atoms with Gasteiger partial charge in [0.15, 0.2) is 0 Å². The molecule has 0 radical (unpaired) electrons. The van der Waals surface area contributed by atoms with E-state index in [1.165, 1.54) is 0 Å². The number of aromatic amines is 1. The number of H-pyrrole nitrogens is 1. The summed E-state index contributed by atoms with van der Waals surface area (Å²) in [5, 5.41) is 3.99. The highest BCUT2D eigenvalue weighted by molar-refractivity contribution is 6.03. The normalized spacial score (nSPS) is 14.5. The van der Waals surface area contributed by atoms with Crippen molar-refractivity contribution in [3.05, 3.63) is 125 Å². The van der Waals surface area contributed by atoms with Crippen molar-refractivity contribution < 1.29 is 14.3 Å². The zero-order chi connectivity index (χ0) is 26.1. The second-order valence-corrected chi connectivity index (χ2v) is 9.38. The van der Waals surface area contributed by atoms with E-state index in [-0.39, 0.29) is 18.4 Å². The van der Waals surface area contributed by atoms with Crippen molar-refractivity contribution in [2.75, 3.05) is 13.7 Å². The molecule has 1 aliphatic heterocycles. The number of fused-ring (bicyclic) bond motifs is 2. The number of amides is 2. The van der Waals surface area contributed by atoms with Crippen molar-refractivity contribution in [1.82, 2.24) is 15.2 Å². The Hall–Kier alpha value is -4.84. The molecule has 2 amide bonds. The number of rotatable bonds is 7. The Bertz CT molecular complexity index is 1640. The Morgan fingerprint density at radius 1 is 0.921 bits per heavy atom. The fraction of sp³-hybridized carbons (Fsp3) is 0.125. The maximum Gasteiger partial charge on any atom is 0.255 e. The van der Waals surface area contributed by atoms with Gasteiger partial charge in [-0.1, -0.05) is 78.9 Å². The van der Waals surface area contributed by atoms with Crippen molar-refractivity contribution in [2.45, 2.75) is 12.6 Å². The molecule has 6 nitrogen and oxygen atoms in total. The van der Waals surface area contributed by atoms with Crippen LogP contribution in [0.2, 0.25) is 0 Å². The van der Waals surface area contributed by atoms with E-state index in [9.17, 15) is 9.59 Å². The van der Waals surface area contributed by atoms with E-state index in [2.05, 4.69) is 16.4 Å². The highest BCUT2D eigenvalue weighted by Crippen LogP contribution is 2.45. The molecule has 6 heteroatoms. The van der Waals surface area contributed by atoms with Crippen LogP contribution in [0.5, 0.6) is 5.75 Å². The average Bonchev–Trinajstić information content (AvgIpc) is 3.47. The summed E-state index contributed by atoms with van der Waals surface area (Å²) in [4.78, 5) is 32.1. The highest BCUT2D eigenvalue weighted by atomic mass is 16.5. The molecule has 1 aromatic heterocycles. The van der Waals surface area contributed by atoms with Crippen LogP contribution in [0.3, 0.4) is 0 Å². The SMILES string of the molecule is COc1cccc(-c2[nH]c3ccccc3c2[C@@H]2c3ccccc3C(=O)N2CC(=O)NCc2ccccc2)c1. The van der Waals surface area contributed by atoms with E-state index in [4.69, 9.17) is 4.74 Å². The summed E-state index contributed by atoms with van der Waals surface area (Å²) in [5.41, 5.74) is 6.28. The third kappa shape index (κ3) is 4.20. The van der Waals surface area contributed by atoms with Crippen LogP contribution >= 0.6 is 0 Å². The van der Waals surface area contributed by atoms with E-state index in [1.807, 2.05) is 97.1 Å². The molecule has 188 valence electrons. The van der Waals surface area contributed by atoms with E-state index in [0.29, 0.717) is 12.1 Å². The fourth-order valence-corrected chi connectivity index (χ4v) is 5.31. The van der Waals surface area contributed by atoms with Gasteiger partial charge in [0.2, 0.25) is 5.91 Å². The molecule has 0 bridgehead atoms. The maximum absolute atomic E-state index is 13.7. The number of carbonyl (C=O) groups excluding carboxylic acids is 2. The number of hydrogen-bond donors (Lipinski definition) is 2. The molecule has 2 N–H and O–H groups in total. The first-order valence-electron chi connectivity index (χ1n) is 12.6. The Morgan fingerprint density at radius 3 is 2.53 bits per heavy atom. The first-order chi connectivity index (χ1) is 18.6. The van der Waals surface area contributed by atoms with Crippen molar-refractivity contribution in [3.63, 3.8) is 0 Å². The van der Waals surface area contributed by atoms with Crippen molar-refractivity contribution >= 4 is 22.7 Å². The molecule has 0 saturated heterocycles. The van der Waals surface area contributed by atoms with Crippen LogP contribution in [0, 0.1) is 0 Å². The molecule has 2 heterocycles. The molecular weight excluding hydrogens is 474 g/mol. The van der Waals surface area contributed by atoms with Gasteiger partial charge in [-0.2, -0.15) is 0 Å². The molecule has 0 unspecified atom stereocenters. The molecule has 5 aromatic rings. The maximum atomic E-state index is 13.7. The second-order valence-electron chi connectivity index (χ2n) is 9.38. The second kappa shape index (κ2) is 9.90. The first-order valence-corrected chi connectivity index (χ1v) is 12.6. The van der Waals surface area contributed by atoms with Gasteiger partial charge in [-0.05, 0) is 35.4 Å². The van der Waals surface area contributed by atoms with E-state index in [0.717, 1.165) is 44.6 Å². The molecule has 0 saturated carbocycles. The molecule has 0 spiro atoms. The largest absolute Gasteiger partial charge is 0.497 e. The van der Waals surface area contributed by atoms with Crippen LogP contribution in [-0.4, -0.2) is 35.4 Å². The summed E-state index contributed by atoms with van der Waals surface area (Å²) in [6.45, 7) is 0.351. The Kier molecular flexibility index (Phi) is 6.14. The highest BCUT2D eigenvalue weighted by Gasteiger charge is 2.41. The molecule has 0 aliphatic carbocycles. The third-order valence-corrected chi connectivity index (χ3v) is 7.08. The number of nitrogens with one attached hydrogen (secondary N) is 2. The van der Waals surface area contributed by atoms with Crippen molar-refractivity contribution in [2.24, 2.45) is 0 Å². The predicted molar refractivity (Wildman–Crippen MR) is 148 cm³/mol. The van der Waals surface area contributed by atoms with Crippen molar-refractivity contribution in [1.29, 1.82) is 0 Å². The van der Waals surface area contributed by atoms with Crippen LogP contribution in [0.1, 0.15) is 33.1 Å². The lowest BCUT2D eigenvalue weighted by Crippen LogP contribution is -2.39. The van der Waals surface area contributed by atoms with Gasteiger partial charge in [-0.15, -0.1) is 0 Å². The molecule has 0 fully saturated rings. The fourth-order valence-electron chi connectivity index (χ4n) is 5.31. The lowest BCUT2D eigenvalue weighted by atomic mass is 9.93. The minimum absolute atomic E-state index is 0.0535. The van der Waals surface area contributed by atoms with E-state index in [1.54, 1.807) is 12.0 Å². The van der Waals surface area contributed by atoms with Gasteiger partial charge in [0, 0.05) is 34.1 Å². The molecular formula is C32H27N3O3. The van der Waals surface area contributed by atoms with Crippen LogP contribution in [0.25, 0.3) is 22.2 Å². The van der Waals surface area contributed by atoms with Crippen LogP contribution in [-0.2, 0) is 11.3 Å². The third-order valence-electron chi connectivity index (χ3n) is 7.08. The van der Waals surface area contributed by atoms with Gasteiger partial charge < -0.3 is 19.9 Å². The Morgan fingerprint density at radius 2 is 1.68 bits per heavy atom. The average molecular weight is 502 g/mol. The van der Waals surface area contributed by atoms with Gasteiger partial charge in [-0.3, -0.25) is 9.59 Å². The monoisotopic (exact) mass is 501 g/mol. The lowest BCUT2D eigenvalue weighted by Gasteiger charge is -2.26. The summed E-state index contributed by atoms with van der Waals surface area (Å²) in [5.74, 6) is 0.386. The van der Waals surface area contributed by atoms with E-state index >= 15 is 0 Å². The molecule has 4 aromatic carbocycles. The minimum atomic E-state index is -0.432. The molecule has 38 heavy (non-hydrogen) atoms. The Balaban J connectivity index is 1.44. The number of benzene rings is 4. The number of hydrogen-bond acceptors (Lipinski definition) is 3. The number of para-hydroxylation sites is 1. The zero-order valence-electron chi connectivity index (χ0n) is 21.0. The summed E-state index contributed by atoms with van der Waals surface area (Å²) in [6, 6.07) is 32.9. The molecule has 1 aliphatic rings. The number of aromatic nitrogens is 1.